The van der Waals surface area contributed by atoms with Gasteiger partial charge in [0.05, 0.1) is 0 Å². The monoisotopic (exact) mass is 228 g/mol. The second-order valence-corrected chi connectivity index (χ2v) is 6.98. The Morgan fingerprint density at radius 1 is 1.07 bits per heavy atom. The molecular formula is C13H24OS. The first-order valence-electron chi connectivity index (χ1n) is 5.90. The zero-order chi connectivity index (χ0) is 11.6. The van der Waals surface area contributed by atoms with Crippen LogP contribution in [0.4, 0.5) is 0 Å². The van der Waals surface area contributed by atoms with Crippen molar-refractivity contribution in [2.24, 2.45) is 11.8 Å². The van der Waals surface area contributed by atoms with Gasteiger partial charge in [0.1, 0.15) is 5.76 Å². The van der Waals surface area contributed by atoms with Crippen molar-refractivity contribution in [2.45, 2.75) is 59.3 Å². The van der Waals surface area contributed by atoms with Gasteiger partial charge in [-0.1, -0.05) is 39.5 Å². The molecule has 88 valence electrons. The summed E-state index contributed by atoms with van der Waals surface area (Å²) in [7, 11) is 0. The molecule has 0 aromatic carbocycles. The maximum Gasteiger partial charge on any atom is 0.158 e. The Bertz CT molecular complexity index is 227. The van der Waals surface area contributed by atoms with Crippen LogP contribution in [0.5, 0.6) is 0 Å². The maximum absolute atomic E-state index is 6.13. The van der Waals surface area contributed by atoms with E-state index in [4.69, 9.17) is 4.74 Å². The van der Waals surface area contributed by atoms with Crippen LogP contribution in [0, 0.1) is 11.8 Å². The van der Waals surface area contributed by atoms with Crippen molar-refractivity contribution in [2.75, 3.05) is 0 Å². The number of ether oxygens (including phenoxy) is 1. The first kappa shape index (κ1) is 13.0. The maximum atomic E-state index is 6.13. The molecule has 1 heterocycles. The highest BCUT2D eigenvalue weighted by molar-refractivity contribution is 8.04. The highest BCUT2D eigenvalue weighted by Gasteiger charge is 2.40. The van der Waals surface area contributed by atoms with Crippen LogP contribution >= 0.6 is 11.8 Å². The first-order chi connectivity index (χ1) is 6.84. The largest absolute Gasteiger partial charge is 0.480 e. The predicted molar refractivity (Wildman–Crippen MR) is 68.7 cm³/mol. The van der Waals surface area contributed by atoms with Gasteiger partial charge >= 0.3 is 0 Å². The average molecular weight is 228 g/mol. The molecule has 1 aliphatic rings. The lowest BCUT2D eigenvalue weighted by atomic mass is 9.97. The SMILES string of the molecule is CC1=C(C)SC(CC(C)C)(CC(C)C)O1. The van der Waals surface area contributed by atoms with E-state index in [0.717, 1.165) is 18.6 Å². The molecule has 0 N–H and O–H groups in total. The minimum Gasteiger partial charge on any atom is -0.480 e. The fourth-order valence-corrected chi connectivity index (χ4v) is 3.96. The van der Waals surface area contributed by atoms with Crippen molar-refractivity contribution in [1.29, 1.82) is 0 Å². The third kappa shape index (κ3) is 3.44. The lowest BCUT2D eigenvalue weighted by Gasteiger charge is -2.32. The molecule has 0 atom stereocenters. The molecule has 1 nitrogen and oxygen atoms in total. The van der Waals surface area contributed by atoms with E-state index >= 15 is 0 Å². The Morgan fingerprint density at radius 2 is 1.53 bits per heavy atom. The quantitative estimate of drug-likeness (QED) is 0.684. The Hall–Kier alpha value is -0.110. The molecule has 0 amide bonds. The van der Waals surface area contributed by atoms with Crippen LogP contribution in [0.2, 0.25) is 0 Å². The molecule has 15 heavy (non-hydrogen) atoms. The molecule has 0 saturated carbocycles. The van der Waals surface area contributed by atoms with Gasteiger partial charge in [-0.2, -0.15) is 0 Å². The summed E-state index contributed by atoms with van der Waals surface area (Å²) >= 11 is 1.94. The van der Waals surface area contributed by atoms with Crippen molar-refractivity contribution >= 4 is 11.8 Å². The molecule has 0 spiro atoms. The third-order valence-electron chi connectivity index (χ3n) is 2.61. The molecule has 0 saturated heterocycles. The summed E-state index contributed by atoms with van der Waals surface area (Å²) in [6.45, 7) is 13.3. The van der Waals surface area contributed by atoms with Gasteiger partial charge in [-0.15, -0.1) is 0 Å². The number of thioether (sulfide) groups is 1. The van der Waals surface area contributed by atoms with Crippen LogP contribution in [-0.4, -0.2) is 4.93 Å². The first-order valence-corrected chi connectivity index (χ1v) is 6.72. The highest BCUT2D eigenvalue weighted by Crippen LogP contribution is 2.50. The van der Waals surface area contributed by atoms with Gasteiger partial charge in [-0.05, 0) is 38.5 Å². The number of allylic oxidation sites excluding steroid dienone is 2. The molecule has 0 aromatic rings. The molecule has 1 aliphatic heterocycles. The van der Waals surface area contributed by atoms with Crippen LogP contribution < -0.4 is 0 Å². The fourth-order valence-electron chi connectivity index (χ4n) is 2.22. The van der Waals surface area contributed by atoms with E-state index in [1.165, 1.54) is 4.91 Å². The predicted octanol–water partition coefficient (Wildman–Crippen LogP) is 4.79. The van der Waals surface area contributed by atoms with Gasteiger partial charge in [0, 0.05) is 4.91 Å². The molecule has 0 radical (unpaired) electrons. The standard InChI is InChI=1S/C13H24OS/c1-9(2)7-13(8-10(3)4)14-11(5)12(6)15-13/h9-10H,7-8H2,1-6H3. The second kappa shape index (κ2) is 4.82. The Balaban J connectivity index is 2.73. The summed E-state index contributed by atoms with van der Waals surface area (Å²) in [5.74, 6) is 2.51. The normalized spacial score (nSPS) is 20.3. The van der Waals surface area contributed by atoms with Gasteiger partial charge in [-0.25, -0.2) is 0 Å². The molecule has 0 aliphatic carbocycles. The molecular weight excluding hydrogens is 204 g/mol. The summed E-state index contributed by atoms with van der Waals surface area (Å²) < 4.78 is 6.13. The van der Waals surface area contributed by atoms with E-state index in [1.54, 1.807) is 0 Å². The van der Waals surface area contributed by atoms with Gasteiger partial charge in [0.25, 0.3) is 0 Å². The van der Waals surface area contributed by atoms with Crippen LogP contribution in [-0.2, 0) is 4.74 Å². The minimum atomic E-state index is 0.0243. The fraction of sp³-hybridized carbons (Fsp3) is 0.846. The topological polar surface area (TPSA) is 9.23 Å². The summed E-state index contributed by atoms with van der Waals surface area (Å²) in [6, 6.07) is 0. The van der Waals surface area contributed by atoms with Gasteiger partial charge < -0.3 is 4.74 Å². The van der Waals surface area contributed by atoms with E-state index in [0.29, 0.717) is 11.8 Å². The van der Waals surface area contributed by atoms with Crippen LogP contribution in [0.3, 0.4) is 0 Å². The summed E-state index contributed by atoms with van der Waals surface area (Å²) in [5.41, 5.74) is 0. The summed E-state index contributed by atoms with van der Waals surface area (Å²) in [4.78, 5) is 1.38. The lowest BCUT2D eigenvalue weighted by Crippen LogP contribution is -2.28. The van der Waals surface area contributed by atoms with Crippen LogP contribution in [0.25, 0.3) is 0 Å². The van der Waals surface area contributed by atoms with Gasteiger partial charge in [0.15, 0.2) is 4.93 Å². The Morgan fingerprint density at radius 3 is 1.80 bits per heavy atom. The van der Waals surface area contributed by atoms with Crippen LogP contribution in [0.1, 0.15) is 54.4 Å². The van der Waals surface area contributed by atoms with Crippen molar-refractivity contribution < 1.29 is 4.74 Å². The zero-order valence-corrected chi connectivity index (χ0v) is 11.7. The molecule has 1 rings (SSSR count). The second-order valence-electron chi connectivity index (χ2n) is 5.42. The van der Waals surface area contributed by atoms with Crippen molar-refractivity contribution in [3.05, 3.63) is 10.7 Å². The average Bonchev–Trinajstić information content (AvgIpc) is 2.23. The van der Waals surface area contributed by atoms with Gasteiger partial charge in [0.2, 0.25) is 0 Å². The van der Waals surface area contributed by atoms with Crippen molar-refractivity contribution in [3.63, 3.8) is 0 Å². The molecule has 0 fully saturated rings. The molecule has 0 bridgehead atoms. The molecule has 2 heteroatoms. The highest BCUT2D eigenvalue weighted by atomic mass is 32.2. The molecule has 0 aromatic heterocycles. The van der Waals surface area contributed by atoms with Crippen LogP contribution in [0.15, 0.2) is 10.7 Å². The van der Waals surface area contributed by atoms with E-state index < -0.39 is 0 Å². The number of rotatable bonds is 4. The minimum absolute atomic E-state index is 0.0243. The smallest absolute Gasteiger partial charge is 0.158 e. The lowest BCUT2D eigenvalue weighted by molar-refractivity contribution is 0.0558. The van der Waals surface area contributed by atoms with Crippen molar-refractivity contribution in [3.8, 4) is 0 Å². The van der Waals surface area contributed by atoms with E-state index in [1.807, 2.05) is 11.8 Å². The summed E-state index contributed by atoms with van der Waals surface area (Å²) in [6.07, 6.45) is 2.29. The third-order valence-corrected chi connectivity index (χ3v) is 3.99. The Labute approximate surface area is 98.7 Å². The van der Waals surface area contributed by atoms with E-state index in [9.17, 15) is 0 Å². The van der Waals surface area contributed by atoms with Gasteiger partial charge in [-0.3, -0.25) is 0 Å². The Kier molecular flexibility index (Phi) is 4.16. The molecule has 0 unspecified atom stereocenters. The summed E-state index contributed by atoms with van der Waals surface area (Å²) in [5, 5.41) is 0. The number of hydrogen-bond donors (Lipinski definition) is 0. The van der Waals surface area contributed by atoms with E-state index in [-0.39, 0.29) is 4.93 Å². The van der Waals surface area contributed by atoms with Crippen molar-refractivity contribution in [1.82, 2.24) is 0 Å². The number of hydrogen-bond acceptors (Lipinski definition) is 2. The zero-order valence-electron chi connectivity index (χ0n) is 10.9. The van der Waals surface area contributed by atoms with E-state index in [2.05, 4.69) is 41.5 Å².